The first-order valence-corrected chi connectivity index (χ1v) is 15.5. The number of carbonyl (C=O) groups excluding carboxylic acids is 3. The second-order valence-corrected chi connectivity index (χ2v) is 12.8. The highest BCUT2D eigenvalue weighted by molar-refractivity contribution is 6.62. The van der Waals surface area contributed by atoms with Gasteiger partial charge in [-0.3, -0.25) is 19.7 Å². The van der Waals surface area contributed by atoms with E-state index in [1.807, 2.05) is 6.07 Å². The molecule has 2 fully saturated rings. The number of fused-ring (bicyclic) bond motifs is 1. The van der Waals surface area contributed by atoms with Crippen molar-refractivity contribution < 1.29 is 23.5 Å². The summed E-state index contributed by atoms with van der Waals surface area (Å²) < 4.78 is 21.3. The van der Waals surface area contributed by atoms with E-state index in [9.17, 15) is 14.4 Å². The van der Waals surface area contributed by atoms with E-state index >= 15 is 4.39 Å². The SMILES string of the molecule is [B]C1([B])N(Cc2ccc(COc3cccc4c3CN(C3CCC(=O)NC3=O)C4=O)cc2)C([B])([B])C([B])([B])N(c2ccc(C#N)cc2F)C1([B])[B]. The first kappa shape index (κ1) is 35.6. The molecule has 3 aliphatic rings. The number of piperidine rings is 1. The van der Waals surface area contributed by atoms with Crippen molar-refractivity contribution >= 4 is 86.2 Å². The quantitative estimate of drug-likeness (QED) is 0.268. The lowest BCUT2D eigenvalue weighted by Crippen LogP contribution is -2.92. The van der Waals surface area contributed by atoms with Gasteiger partial charge in [0.2, 0.25) is 11.8 Å². The summed E-state index contributed by atoms with van der Waals surface area (Å²) >= 11 is 0. The molecule has 50 heavy (non-hydrogen) atoms. The molecular formula is C32H22B8FN5O4. The van der Waals surface area contributed by atoms with Crippen LogP contribution in [-0.2, 0) is 29.3 Å². The number of hydrogen-bond acceptors (Lipinski definition) is 7. The van der Waals surface area contributed by atoms with Gasteiger partial charge in [0.05, 0.1) is 86.6 Å². The smallest absolute Gasteiger partial charge is 0.255 e. The Bertz CT molecular complexity index is 1910. The Kier molecular flexibility index (Phi) is 8.91. The number of nitrogens with zero attached hydrogens (tertiary/aromatic N) is 4. The lowest BCUT2D eigenvalue weighted by molar-refractivity contribution is -0.136. The minimum absolute atomic E-state index is 0.00995. The zero-order chi connectivity index (χ0) is 36.4. The van der Waals surface area contributed by atoms with Gasteiger partial charge >= 0.3 is 0 Å². The number of halogens is 1. The van der Waals surface area contributed by atoms with Crippen molar-refractivity contribution in [3.05, 3.63) is 94.3 Å². The number of benzene rings is 3. The summed E-state index contributed by atoms with van der Waals surface area (Å²) in [5.74, 6) is -1.64. The van der Waals surface area contributed by atoms with Crippen molar-refractivity contribution in [2.75, 3.05) is 4.90 Å². The lowest BCUT2D eigenvalue weighted by Gasteiger charge is -2.76. The molecule has 1 unspecified atom stereocenters. The number of ether oxygens (including phenoxy) is 1. The Hall–Kier alpha value is -4.23. The maximum absolute atomic E-state index is 15.2. The van der Waals surface area contributed by atoms with Gasteiger partial charge in [-0.2, -0.15) is 5.26 Å². The summed E-state index contributed by atoms with van der Waals surface area (Å²) in [5, 5.41) is 2.18. The fourth-order valence-electron chi connectivity index (χ4n) is 6.60. The van der Waals surface area contributed by atoms with Crippen molar-refractivity contribution in [3.63, 3.8) is 0 Å². The van der Waals surface area contributed by atoms with E-state index in [4.69, 9.17) is 72.8 Å². The molecule has 0 aliphatic carbocycles. The molecule has 2 saturated heterocycles. The van der Waals surface area contributed by atoms with Gasteiger partial charge in [0, 0.05) is 24.1 Å². The summed E-state index contributed by atoms with van der Waals surface area (Å²) in [6, 6.07) is 16.6. The van der Waals surface area contributed by atoms with Gasteiger partial charge in [-0.05, 0) is 69.2 Å². The molecular weight excluding hydrogens is 624 g/mol. The van der Waals surface area contributed by atoms with Crippen LogP contribution in [0.1, 0.15) is 45.5 Å². The van der Waals surface area contributed by atoms with E-state index < -0.39 is 39.1 Å². The van der Waals surface area contributed by atoms with Crippen LogP contribution < -0.4 is 15.0 Å². The summed E-state index contributed by atoms with van der Waals surface area (Å²) in [5.41, 5.74) is 2.08. The molecule has 0 bridgehead atoms. The normalized spacial score (nSPS) is 22.0. The number of rotatable bonds is 7. The summed E-state index contributed by atoms with van der Waals surface area (Å²) in [4.78, 5) is 40.6. The molecule has 1 N–H and O–H groups in total. The van der Waals surface area contributed by atoms with Gasteiger partial charge in [0.1, 0.15) is 24.2 Å². The number of amides is 3. The second-order valence-electron chi connectivity index (χ2n) is 12.8. The zero-order valence-electron chi connectivity index (χ0n) is 26.8. The molecule has 9 nitrogen and oxygen atoms in total. The Morgan fingerprint density at radius 3 is 2.12 bits per heavy atom. The summed E-state index contributed by atoms with van der Waals surface area (Å²) in [6.45, 7) is 0.132. The maximum Gasteiger partial charge on any atom is 0.255 e. The topological polar surface area (TPSA) is 106 Å². The number of anilines is 1. The fourth-order valence-corrected chi connectivity index (χ4v) is 6.60. The molecule has 1 atom stereocenters. The lowest BCUT2D eigenvalue weighted by atomic mass is 9.26. The molecule has 3 aliphatic heterocycles. The largest absolute Gasteiger partial charge is 0.489 e. The molecule has 3 heterocycles. The Morgan fingerprint density at radius 2 is 1.52 bits per heavy atom. The van der Waals surface area contributed by atoms with Gasteiger partial charge in [-0.15, -0.1) is 0 Å². The van der Waals surface area contributed by atoms with Crippen molar-refractivity contribution in [2.24, 2.45) is 0 Å². The average molecular weight is 646 g/mol. The molecule has 16 radical (unpaired) electrons. The van der Waals surface area contributed by atoms with E-state index in [1.165, 1.54) is 17.0 Å². The highest BCUT2D eigenvalue weighted by atomic mass is 19.1. The van der Waals surface area contributed by atoms with Crippen LogP contribution >= 0.6 is 0 Å². The number of nitriles is 1. The van der Waals surface area contributed by atoms with Crippen LogP contribution in [0.5, 0.6) is 5.75 Å². The van der Waals surface area contributed by atoms with E-state index in [0.29, 0.717) is 22.4 Å². The molecule has 0 aromatic heterocycles. The third-order valence-electron chi connectivity index (χ3n) is 9.53. The zero-order valence-corrected chi connectivity index (χ0v) is 26.8. The van der Waals surface area contributed by atoms with Crippen molar-refractivity contribution in [1.29, 1.82) is 5.26 Å². The number of nitrogens with one attached hydrogen (secondary N) is 1. The average Bonchev–Trinajstić information content (AvgIpc) is 3.39. The van der Waals surface area contributed by atoms with Gasteiger partial charge in [-0.25, -0.2) is 4.39 Å². The standard InChI is InChI=1S/C32H22B8FN5O4/c33-29(34)31(37,38)46(23-9-8-19(13-42)12-22(23)41)32(39,40)30(35,36)45(29)14-17-4-6-18(7-5-17)16-50-25-3-1-2-20-21(25)15-44(28(20)49)24-10-11-26(47)43-27(24)48/h1-9,12,24H,10-11,14-16H2,(H,43,47,48). The number of piperazine rings is 1. The Morgan fingerprint density at radius 1 is 0.880 bits per heavy atom. The highest BCUT2D eigenvalue weighted by Crippen LogP contribution is 2.46. The van der Waals surface area contributed by atoms with Crippen LogP contribution in [0.2, 0.25) is 0 Å². The van der Waals surface area contributed by atoms with E-state index in [0.717, 1.165) is 21.4 Å². The van der Waals surface area contributed by atoms with Gasteiger partial charge in [-0.1, -0.05) is 30.3 Å². The highest BCUT2D eigenvalue weighted by Gasteiger charge is 2.60. The second kappa shape index (κ2) is 12.5. The number of hydrogen-bond donors (Lipinski definition) is 1. The van der Waals surface area contributed by atoms with E-state index in [1.54, 1.807) is 42.5 Å². The van der Waals surface area contributed by atoms with E-state index in [-0.39, 0.29) is 55.6 Å². The summed E-state index contributed by atoms with van der Waals surface area (Å²) in [6.07, 6.45) is 0.399. The van der Waals surface area contributed by atoms with Gasteiger partial charge < -0.3 is 19.4 Å². The van der Waals surface area contributed by atoms with Crippen molar-refractivity contribution in [1.82, 2.24) is 15.1 Å². The molecule has 0 saturated carbocycles. The van der Waals surface area contributed by atoms with Crippen molar-refractivity contribution in [2.45, 2.75) is 59.9 Å². The van der Waals surface area contributed by atoms with E-state index in [2.05, 4.69) is 5.32 Å². The predicted octanol–water partition coefficient (Wildman–Crippen LogP) is -0.677. The Labute approximate surface area is 300 Å². The first-order valence-electron chi connectivity index (χ1n) is 15.5. The maximum atomic E-state index is 15.2. The van der Waals surface area contributed by atoms with Crippen molar-refractivity contribution in [3.8, 4) is 11.8 Å². The van der Waals surface area contributed by atoms with Gasteiger partial charge in [0.15, 0.2) is 0 Å². The monoisotopic (exact) mass is 647 g/mol. The third-order valence-corrected chi connectivity index (χ3v) is 9.53. The summed E-state index contributed by atoms with van der Waals surface area (Å²) in [7, 11) is 52.0. The number of carbonyl (C=O) groups is 3. The predicted molar refractivity (Wildman–Crippen MR) is 189 cm³/mol. The molecule has 6 rings (SSSR count). The molecule has 0 spiro atoms. The fraction of sp³-hybridized carbons (Fsp3) is 0.312. The third kappa shape index (κ3) is 5.68. The minimum Gasteiger partial charge on any atom is -0.489 e. The van der Waals surface area contributed by atoms with Crippen LogP contribution in [-0.4, -0.2) is 118 Å². The molecule has 3 aromatic carbocycles. The number of imide groups is 1. The molecule has 18 heteroatoms. The van der Waals surface area contributed by atoms with Crippen LogP contribution in [0, 0.1) is 17.1 Å². The van der Waals surface area contributed by atoms with Crippen LogP contribution in [0.3, 0.4) is 0 Å². The van der Waals surface area contributed by atoms with Crippen LogP contribution in [0.25, 0.3) is 0 Å². The Balaban J connectivity index is 1.18. The molecule has 3 amide bonds. The van der Waals surface area contributed by atoms with Crippen LogP contribution in [0.15, 0.2) is 60.7 Å². The minimum atomic E-state index is -2.37. The first-order chi connectivity index (χ1) is 23.4. The van der Waals surface area contributed by atoms with Crippen LogP contribution in [0.4, 0.5) is 10.1 Å². The van der Waals surface area contributed by atoms with Gasteiger partial charge in [0.25, 0.3) is 5.91 Å². The molecule has 3 aromatic rings. The molecule has 230 valence electrons.